The van der Waals surface area contributed by atoms with Gasteiger partial charge in [0.2, 0.25) is 0 Å². The van der Waals surface area contributed by atoms with Crippen LogP contribution in [0.5, 0.6) is 0 Å². The molecule has 0 unspecified atom stereocenters. The van der Waals surface area contributed by atoms with E-state index < -0.39 is 33.0 Å². The summed E-state index contributed by atoms with van der Waals surface area (Å²) in [4.78, 5) is 0. The zero-order valence-electron chi connectivity index (χ0n) is 29.7. The molecule has 0 spiro atoms. The summed E-state index contributed by atoms with van der Waals surface area (Å²) in [6, 6.07) is 37.8. The summed E-state index contributed by atoms with van der Waals surface area (Å²) in [5.74, 6) is 0. The van der Waals surface area contributed by atoms with Gasteiger partial charge < -0.3 is 0 Å². The van der Waals surface area contributed by atoms with Crippen LogP contribution >= 0.6 is 20.2 Å². The van der Waals surface area contributed by atoms with Crippen molar-refractivity contribution in [2.45, 2.75) is 83.2 Å². The molecule has 0 radical (unpaired) electrons. The van der Waals surface area contributed by atoms with Gasteiger partial charge in [0.1, 0.15) is 0 Å². The molecule has 0 aliphatic heterocycles. The number of rotatable bonds is 10. The van der Waals surface area contributed by atoms with Crippen molar-refractivity contribution in [1.29, 1.82) is 0 Å². The maximum absolute atomic E-state index is 7.43. The van der Waals surface area contributed by atoms with E-state index >= 15 is 0 Å². The molecule has 49 heavy (non-hydrogen) atoms. The van der Waals surface area contributed by atoms with Gasteiger partial charge in [-0.1, -0.05) is 0 Å². The number of benzene rings is 3. The zero-order valence-corrected chi connectivity index (χ0v) is 32.4. The second-order valence-corrected chi connectivity index (χ2v) is 18.8. The average molecular weight is 736 g/mol. The van der Waals surface area contributed by atoms with Gasteiger partial charge in [0.25, 0.3) is 0 Å². The summed E-state index contributed by atoms with van der Waals surface area (Å²) in [5.41, 5.74) is 7.73. The van der Waals surface area contributed by atoms with Crippen LogP contribution in [-0.2, 0) is 33.0 Å². The van der Waals surface area contributed by atoms with Gasteiger partial charge in [-0.25, -0.2) is 0 Å². The maximum atomic E-state index is 7.43. The van der Waals surface area contributed by atoms with E-state index in [0.717, 1.165) is 50.9 Å². The van der Waals surface area contributed by atoms with Crippen molar-refractivity contribution < 1.29 is 12.1 Å². The molecule has 0 aliphatic rings. The molecule has 3 aromatic carbocycles. The van der Waals surface area contributed by atoms with Crippen molar-refractivity contribution in [2.75, 3.05) is 0 Å². The Bertz CT molecular complexity index is 1830. The minimum atomic E-state index is -2.43. The molecule has 6 rings (SSSR count). The number of aryl methyl sites for hydroxylation is 3. The van der Waals surface area contributed by atoms with Crippen molar-refractivity contribution in [3.63, 3.8) is 0 Å². The molecule has 6 aromatic rings. The fourth-order valence-corrected chi connectivity index (χ4v) is 9.53. The molecule has 0 aliphatic carbocycles. The normalized spacial score (nSPS) is 13.2. The van der Waals surface area contributed by atoms with E-state index in [2.05, 4.69) is 153 Å². The van der Waals surface area contributed by atoms with Crippen LogP contribution in [-0.4, -0.2) is 29.3 Å². The van der Waals surface area contributed by atoms with Gasteiger partial charge in [0.05, 0.1) is 0 Å². The van der Waals surface area contributed by atoms with Gasteiger partial charge >= 0.3 is 305 Å². The van der Waals surface area contributed by atoms with Crippen LogP contribution in [0.15, 0.2) is 109 Å². The summed E-state index contributed by atoms with van der Waals surface area (Å²) in [5, 5.41) is 16.2. The zero-order chi connectivity index (χ0) is 35.4. The quantitative estimate of drug-likeness (QED) is 0.132. The Morgan fingerprint density at radius 1 is 0.449 bits per heavy atom. The van der Waals surface area contributed by atoms with E-state index in [0.29, 0.717) is 0 Å². The molecule has 0 amide bonds. The second-order valence-electron chi connectivity index (χ2n) is 14.5. The van der Waals surface area contributed by atoms with Gasteiger partial charge in [-0.05, 0) is 0 Å². The Labute approximate surface area is 303 Å². The molecule has 0 saturated carbocycles. The third-order valence-corrected chi connectivity index (χ3v) is 13.0. The Kier molecular flexibility index (Phi) is 9.30. The summed E-state index contributed by atoms with van der Waals surface area (Å²) >= 11 is -2.43. The number of aromatic nitrogens is 6. The van der Waals surface area contributed by atoms with E-state index in [9.17, 15) is 0 Å². The molecule has 0 saturated heterocycles. The standard InChI is InChI=1S/C40H45N6.2ClH.Mn/c1-28-25-34(38(4,5)31-19-13-10-14-20-31)41-44(28)37(45-29(2)26-35(42-45)39(6,7)32-21-15-11-16-22-32)46-30(3)27-36(43-46)40(8,9)33-23-17-12-18-24-33;;;/h10-27H,1-9H3;2*1H;/q;;;+2/p-2. The first-order valence-electron chi connectivity index (χ1n) is 16.6. The minimum absolute atomic E-state index is 0.395. The van der Waals surface area contributed by atoms with E-state index in [1.54, 1.807) is 0 Å². The van der Waals surface area contributed by atoms with Crippen molar-refractivity contribution in [3.8, 4) is 0 Å². The third kappa shape index (κ3) is 5.89. The Morgan fingerprint density at radius 2 is 0.694 bits per heavy atom. The molecule has 0 bridgehead atoms. The van der Waals surface area contributed by atoms with Gasteiger partial charge in [-0.3, -0.25) is 0 Å². The number of hydrogen-bond donors (Lipinski definition) is 0. The SMILES string of the molecule is Cc1cc(C(C)(C)c2ccccc2)nn1[C](n1nc(C(C)(C)c2ccccc2)cc1C)(n1nc(C(C)(C)c2ccccc2)cc1C)[Mn]([Cl])[Cl]. The van der Waals surface area contributed by atoms with Crippen LogP contribution in [0.4, 0.5) is 0 Å². The van der Waals surface area contributed by atoms with Crippen molar-refractivity contribution in [1.82, 2.24) is 29.3 Å². The van der Waals surface area contributed by atoms with Crippen molar-refractivity contribution in [3.05, 3.63) is 160 Å². The predicted molar refractivity (Wildman–Crippen MR) is 197 cm³/mol. The van der Waals surface area contributed by atoms with Crippen LogP contribution < -0.4 is 0 Å². The number of hydrogen-bond acceptors (Lipinski definition) is 3. The molecule has 0 fully saturated rings. The van der Waals surface area contributed by atoms with E-state index in [4.69, 9.17) is 35.5 Å². The Morgan fingerprint density at radius 3 is 0.918 bits per heavy atom. The predicted octanol–water partition coefficient (Wildman–Crippen LogP) is 9.77. The van der Waals surface area contributed by atoms with E-state index in [1.165, 1.54) is 0 Å². The van der Waals surface area contributed by atoms with Crippen LogP contribution in [0.25, 0.3) is 0 Å². The van der Waals surface area contributed by atoms with Crippen molar-refractivity contribution in [2.24, 2.45) is 0 Å². The van der Waals surface area contributed by atoms with Gasteiger partial charge in [-0.15, -0.1) is 0 Å². The molecule has 3 heterocycles. The summed E-state index contributed by atoms with van der Waals surface area (Å²) in [6.45, 7) is 19.4. The summed E-state index contributed by atoms with van der Waals surface area (Å²) < 4.78 is 4.62. The Balaban J connectivity index is 1.64. The molecule has 0 atom stereocenters. The molecule has 9 heteroatoms. The van der Waals surface area contributed by atoms with Crippen LogP contribution in [0.1, 0.15) is 92.4 Å². The van der Waals surface area contributed by atoms with Gasteiger partial charge in [-0.2, -0.15) is 0 Å². The summed E-state index contributed by atoms with van der Waals surface area (Å²) in [6.07, 6.45) is 0. The van der Waals surface area contributed by atoms with Crippen LogP contribution in [0.2, 0.25) is 0 Å². The summed E-state index contributed by atoms with van der Waals surface area (Å²) in [7, 11) is 14.9. The second kappa shape index (κ2) is 12.9. The number of halogens is 2. The first-order chi connectivity index (χ1) is 23.1. The molecular weight excluding hydrogens is 690 g/mol. The molecule has 0 N–H and O–H groups in total. The monoisotopic (exact) mass is 734 g/mol. The van der Waals surface area contributed by atoms with E-state index in [-0.39, 0.29) is 0 Å². The first kappa shape index (κ1) is 35.2. The fourth-order valence-electron chi connectivity index (χ4n) is 6.66. The number of nitrogens with zero attached hydrogens (tertiary/aromatic N) is 6. The average Bonchev–Trinajstić information content (AvgIpc) is 3.81. The fraction of sp³-hybridized carbons (Fsp3) is 0.325. The van der Waals surface area contributed by atoms with Crippen LogP contribution in [0.3, 0.4) is 0 Å². The van der Waals surface area contributed by atoms with E-state index in [1.807, 2.05) is 32.2 Å². The topological polar surface area (TPSA) is 53.5 Å². The molecule has 3 aromatic heterocycles. The molecule has 256 valence electrons. The van der Waals surface area contributed by atoms with Crippen LogP contribution in [0, 0.1) is 20.8 Å². The van der Waals surface area contributed by atoms with Crippen molar-refractivity contribution >= 4 is 20.2 Å². The first-order valence-corrected chi connectivity index (χ1v) is 20.4. The molecular formula is C40H45Cl2MnN6. The molecule has 6 nitrogen and oxygen atoms in total. The van der Waals surface area contributed by atoms with Gasteiger partial charge in [0.15, 0.2) is 0 Å². The van der Waals surface area contributed by atoms with Gasteiger partial charge in [0, 0.05) is 0 Å². The Hall–Kier alpha value is -3.61. The third-order valence-electron chi connectivity index (χ3n) is 10.1.